The van der Waals surface area contributed by atoms with Crippen molar-refractivity contribution in [1.82, 2.24) is 10.3 Å². The van der Waals surface area contributed by atoms with Gasteiger partial charge < -0.3 is 16.4 Å². The number of rotatable bonds is 5. The van der Waals surface area contributed by atoms with E-state index in [1.165, 1.54) is 6.20 Å². The van der Waals surface area contributed by atoms with Crippen LogP contribution in [0.5, 0.6) is 0 Å². The van der Waals surface area contributed by atoms with Gasteiger partial charge in [-0.15, -0.1) is 0 Å². The van der Waals surface area contributed by atoms with Gasteiger partial charge in [-0.1, -0.05) is 0 Å². The zero-order chi connectivity index (χ0) is 12.7. The second-order valence-electron chi connectivity index (χ2n) is 3.36. The van der Waals surface area contributed by atoms with Crippen LogP contribution in [0.15, 0.2) is 12.3 Å². The Morgan fingerprint density at radius 1 is 1.65 bits per heavy atom. The van der Waals surface area contributed by atoms with Crippen LogP contribution in [0.2, 0.25) is 0 Å². The lowest BCUT2D eigenvalue weighted by Crippen LogP contribution is -2.25. The summed E-state index contributed by atoms with van der Waals surface area (Å²) in [5, 5.41) is 14.4. The summed E-state index contributed by atoms with van der Waals surface area (Å²) in [6.45, 7) is 2.91. The Bertz CT molecular complexity index is 438. The van der Waals surface area contributed by atoms with Crippen molar-refractivity contribution in [1.29, 1.82) is 5.26 Å². The molecule has 0 aliphatic heterocycles. The molecule has 0 unspecified atom stereocenters. The molecule has 0 saturated carbocycles. The molecule has 1 aromatic heterocycles. The van der Waals surface area contributed by atoms with E-state index in [0.29, 0.717) is 36.6 Å². The van der Waals surface area contributed by atoms with Crippen molar-refractivity contribution in [3.63, 3.8) is 0 Å². The smallest absolute Gasteiger partial charge is 0.221 e. The number of nitriles is 1. The van der Waals surface area contributed by atoms with E-state index in [1.54, 1.807) is 6.07 Å². The van der Waals surface area contributed by atoms with Gasteiger partial charge >= 0.3 is 0 Å². The Hall–Kier alpha value is -2.29. The fraction of sp³-hybridized carbons (Fsp3) is 0.364. The van der Waals surface area contributed by atoms with Gasteiger partial charge in [0.1, 0.15) is 6.07 Å². The highest BCUT2D eigenvalue weighted by Crippen LogP contribution is 2.18. The van der Waals surface area contributed by atoms with Crippen molar-refractivity contribution >= 4 is 17.4 Å². The molecule has 1 aromatic rings. The van der Waals surface area contributed by atoms with Gasteiger partial charge in [0.15, 0.2) is 5.82 Å². The van der Waals surface area contributed by atoms with Crippen LogP contribution in [-0.4, -0.2) is 24.0 Å². The molecule has 90 valence electrons. The molecule has 0 spiro atoms. The van der Waals surface area contributed by atoms with Crippen LogP contribution < -0.4 is 16.4 Å². The molecule has 0 aliphatic rings. The van der Waals surface area contributed by atoms with Crippen molar-refractivity contribution in [2.45, 2.75) is 13.3 Å². The van der Waals surface area contributed by atoms with Gasteiger partial charge in [0.05, 0.1) is 11.3 Å². The van der Waals surface area contributed by atoms with E-state index in [4.69, 9.17) is 11.0 Å². The molecule has 0 radical (unpaired) electrons. The first-order valence-electron chi connectivity index (χ1n) is 5.34. The van der Waals surface area contributed by atoms with Crippen LogP contribution in [0.25, 0.3) is 0 Å². The Morgan fingerprint density at radius 2 is 2.41 bits per heavy atom. The summed E-state index contributed by atoms with van der Waals surface area (Å²) in [6, 6.07) is 3.52. The van der Waals surface area contributed by atoms with E-state index in [2.05, 4.69) is 15.6 Å². The highest BCUT2D eigenvalue weighted by atomic mass is 16.1. The zero-order valence-electron chi connectivity index (χ0n) is 9.66. The first kappa shape index (κ1) is 12.8. The molecular formula is C11H15N5O. The summed E-state index contributed by atoms with van der Waals surface area (Å²) in [5.74, 6) is 0.406. The van der Waals surface area contributed by atoms with Crippen LogP contribution in [0, 0.1) is 11.3 Å². The number of hydrogen-bond donors (Lipinski definition) is 3. The van der Waals surface area contributed by atoms with Gasteiger partial charge in [-0.25, -0.2) is 4.98 Å². The van der Waals surface area contributed by atoms with E-state index < -0.39 is 0 Å². The number of nitrogens with one attached hydrogen (secondary N) is 2. The van der Waals surface area contributed by atoms with Crippen LogP contribution in [-0.2, 0) is 4.79 Å². The molecule has 1 amide bonds. The van der Waals surface area contributed by atoms with E-state index in [-0.39, 0.29) is 5.91 Å². The van der Waals surface area contributed by atoms with Crippen molar-refractivity contribution in [3.8, 4) is 6.07 Å². The summed E-state index contributed by atoms with van der Waals surface area (Å²) < 4.78 is 0. The molecule has 4 N–H and O–H groups in total. The highest BCUT2D eigenvalue weighted by molar-refractivity contribution is 5.76. The number of pyridine rings is 1. The minimum atomic E-state index is -0.0324. The maximum atomic E-state index is 11.2. The van der Waals surface area contributed by atoms with Gasteiger partial charge in [-0.3, -0.25) is 4.79 Å². The number of nitrogen functional groups attached to an aromatic ring is 1. The van der Waals surface area contributed by atoms with Crippen molar-refractivity contribution in [3.05, 3.63) is 17.8 Å². The second kappa shape index (κ2) is 6.33. The van der Waals surface area contributed by atoms with E-state index in [0.717, 1.165) is 0 Å². The van der Waals surface area contributed by atoms with Crippen LogP contribution in [0.4, 0.5) is 11.5 Å². The third kappa shape index (κ3) is 3.65. The summed E-state index contributed by atoms with van der Waals surface area (Å²) in [4.78, 5) is 15.2. The average molecular weight is 233 g/mol. The number of aromatic nitrogens is 1. The lowest BCUT2D eigenvalue weighted by atomic mass is 10.2. The summed E-state index contributed by atoms with van der Waals surface area (Å²) in [5.41, 5.74) is 6.41. The molecule has 0 bridgehead atoms. The number of nitrogens with zero attached hydrogens (tertiary/aromatic N) is 2. The second-order valence-corrected chi connectivity index (χ2v) is 3.36. The molecule has 0 saturated heterocycles. The third-order valence-electron chi connectivity index (χ3n) is 2.13. The number of nitrogens with two attached hydrogens (primary N) is 1. The summed E-state index contributed by atoms with van der Waals surface area (Å²) in [6.07, 6.45) is 1.84. The van der Waals surface area contributed by atoms with E-state index >= 15 is 0 Å². The van der Waals surface area contributed by atoms with Crippen LogP contribution in [0.1, 0.15) is 18.9 Å². The number of carbonyl (C=O) groups excluding carboxylic acids is 1. The standard InChI is InChI=1S/C11H15N5O/c1-2-14-9(17)4-6-16-11-10(13)8(7-12)3-5-15-11/h3,5H,2,4,6,13H2,1H3,(H,14,17)(H,15,16). The normalized spacial score (nSPS) is 9.41. The Kier molecular flexibility index (Phi) is 4.76. The fourth-order valence-corrected chi connectivity index (χ4v) is 1.29. The predicted molar refractivity (Wildman–Crippen MR) is 65.2 cm³/mol. The van der Waals surface area contributed by atoms with Crippen molar-refractivity contribution in [2.24, 2.45) is 0 Å². The molecule has 0 atom stereocenters. The minimum Gasteiger partial charge on any atom is -0.395 e. The molecule has 6 heteroatoms. The first-order valence-corrected chi connectivity index (χ1v) is 5.34. The topological polar surface area (TPSA) is 104 Å². The highest BCUT2D eigenvalue weighted by Gasteiger charge is 2.06. The largest absolute Gasteiger partial charge is 0.395 e. The van der Waals surface area contributed by atoms with E-state index in [1.807, 2.05) is 13.0 Å². The van der Waals surface area contributed by atoms with Gasteiger partial charge in [-0.2, -0.15) is 5.26 Å². The van der Waals surface area contributed by atoms with Gasteiger partial charge in [-0.05, 0) is 13.0 Å². The first-order chi connectivity index (χ1) is 8.19. The fourth-order valence-electron chi connectivity index (χ4n) is 1.29. The van der Waals surface area contributed by atoms with Gasteiger partial charge in [0.2, 0.25) is 5.91 Å². The van der Waals surface area contributed by atoms with E-state index in [9.17, 15) is 4.79 Å². The monoisotopic (exact) mass is 233 g/mol. The van der Waals surface area contributed by atoms with Crippen molar-refractivity contribution < 1.29 is 4.79 Å². The molecule has 0 aromatic carbocycles. The minimum absolute atomic E-state index is 0.0324. The Labute approximate surface area is 99.8 Å². The number of hydrogen-bond acceptors (Lipinski definition) is 5. The lowest BCUT2D eigenvalue weighted by Gasteiger charge is -2.08. The molecule has 17 heavy (non-hydrogen) atoms. The zero-order valence-corrected chi connectivity index (χ0v) is 9.66. The van der Waals surface area contributed by atoms with Gasteiger partial charge in [0, 0.05) is 25.7 Å². The molecule has 0 aliphatic carbocycles. The molecular weight excluding hydrogens is 218 g/mol. The maximum Gasteiger partial charge on any atom is 0.221 e. The molecule has 1 rings (SSSR count). The quantitative estimate of drug-likeness (QED) is 0.686. The lowest BCUT2D eigenvalue weighted by molar-refractivity contribution is -0.120. The van der Waals surface area contributed by atoms with Crippen molar-refractivity contribution in [2.75, 3.05) is 24.1 Å². The number of anilines is 2. The number of amides is 1. The Balaban J connectivity index is 2.53. The third-order valence-corrected chi connectivity index (χ3v) is 2.13. The maximum absolute atomic E-state index is 11.2. The average Bonchev–Trinajstić information content (AvgIpc) is 2.32. The summed E-state index contributed by atoms with van der Waals surface area (Å²) >= 11 is 0. The SMILES string of the molecule is CCNC(=O)CCNc1nccc(C#N)c1N. The molecule has 1 heterocycles. The van der Waals surface area contributed by atoms with Gasteiger partial charge in [0.25, 0.3) is 0 Å². The van der Waals surface area contributed by atoms with Crippen LogP contribution >= 0.6 is 0 Å². The molecule has 0 fully saturated rings. The van der Waals surface area contributed by atoms with Crippen LogP contribution in [0.3, 0.4) is 0 Å². The molecule has 6 nitrogen and oxygen atoms in total. The predicted octanol–water partition coefficient (Wildman–Crippen LogP) is 0.474. The Morgan fingerprint density at radius 3 is 3.06 bits per heavy atom. The number of carbonyl (C=O) groups is 1. The summed E-state index contributed by atoms with van der Waals surface area (Å²) in [7, 11) is 0.